The van der Waals surface area contributed by atoms with E-state index in [0.29, 0.717) is 23.5 Å². The normalized spacial score (nSPS) is 19.2. The Balaban J connectivity index is 1.98. The molecule has 4 nitrogen and oxygen atoms in total. The zero-order chi connectivity index (χ0) is 12.7. The second-order valence-electron chi connectivity index (χ2n) is 4.74. The summed E-state index contributed by atoms with van der Waals surface area (Å²) >= 11 is 1.74. The molecule has 0 atom stereocenters. The summed E-state index contributed by atoms with van der Waals surface area (Å²) in [5.41, 5.74) is 1.40. The van der Waals surface area contributed by atoms with Gasteiger partial charge in [0.05, 0.1) is 11.4 Å². The average Bonchev–Trinajstić information content (AvgIpc) is 2.97. The van der Waals surface area contributed by atoms with Crippen molar-refractivity contribution in [3.05, 3.63) is 22.6 Å². The highest BCUT2D eigenvalue weighted by atomic mass is 32.2. The van der Waals surface area contributed by atoms with Crippen LogP contribution in [0.1, 0.15) is 45.1 Å². The number of aryl methyl sites for hydroxylation is 1. The maximum atomic E-state index is 12.3. The second-order valence-corrected chi connectivity index (χ2v) is 5.81. The van der Waals surface area contributed by atoms with Crippen LogP contribution in [0.2, 0.25) is 0 Å². The van der Waals surface area contributed by atoms with E-state index in [1.54, 1.807) is 16.7 Å². The maximum Gasteiger partial charge on any atom is 0.290 e. The van der Waals surface area contributed by atoms with Gasteiger partial charge in [0.1, 0.15) is 5.76 Å². The van der Waals surface area contributed by atoms with Crippen molar-refractivity contribution in [2.75, 3.05) is 18.2 Å². The summed E-state index contributed by atoms with van der Waals surface area (Å²) in [6.07, 6.45) is 2.16. The maximum absolute atomic E-state index is 12.3. The quantitative estimate of drug-likeness (QED) is 0.781. The van der Waals surface area contributed by atoms with Crippen molar-refractivity contribution in [2.45, 2.75) is 26.2 Å². The Morgan fingerprint density at radius 1 is 1.39 bits per heavy atom. The predicted molar refractivity (Wildman–Crippen MR) is 69.1 cm³/mol. The first-order chi connectivity index (χ1) is 8.68. The molecule has 1 saturated heterocycles. The van der Waals surface area contributed by atoms with Gasteiger partial charge in [0, 0.05) is 30.7 Å². The van der Waals surface area contributed by atoms with E-state index in [-0.39, 0.29) is 11.7 Å². The predicted octanol–water partition coefficient (Wildman–Crippen LogP) is 2.25. The topological polar surface area (TPSA) is 50.5 Å². The van der Waals surface area contributed by atoms with Gasteiger partial charge in [-0.25, -0.2) is 0 Å². The minimum atomic E-state index is -0.0697. The van der Waals surface area contributed by atoms with E-state index in [4.69, 9.17) is 4.42 Å². The fourth-order valence-electron chi connectivity index (χ4n) is 2.57. The lowest BCUT2D eigenvalue weighted by Gasteiger charge is -2.12. The number of hydrogen-bond donors (Lipinski definition) is 0. The minimum Gasteiger partial charge on any atom is -0.455 e. The van der Waals surface area contributed by atoms with Crippen molar-refractivity contribution < 1.29 is 14.0 Å². The van der Waals surface area contributed by atoms with Crippen LogP contribution in [0.25, 0.3) is 0 Å². The van der Waals surface area contributed by atoms with Crippen LogP contribution in [0, 0.1) is 6.92 Å². The monoisotopic (exact) mass is 265 g/mol. The Morgan fingerprint density at radius 2 is 2.22 bits per heavy atom. The molecule has 1 aliphatic heterocycles. The molecule has 0 unspecified atom stereocenters. The van der Waals surface area contributed by atoms with E-state index in [0.717, 1.165) is 36.6 Å². The first-order valence-corrected chi connectivity index (χ1v) is 7.36. The molecule has 0 bridgehead atoms. The molecule has 2 aliphatic rings. The molecular formula is C13H15NO3S. The summed E-state index contributed by atoms with van der Waals surface area (Å²) in [6.45, 7) is 2.59. The Hall–Kier alpha value is -1.23. The number of rotatable bonds is 1. The fraction of sp³-hybridized carbons (Fsp3) is 0.538. The van der Waals surface area contributed by atoms with Crippen molar-refractivity contribution in [3.63, 3.8) is 0 Å². The van der Waals surface area contributed by atoms with Crippen LogP contribution >= 0.6 is 11.8 Å². The Bertz CT molecular complexity index is 515. The molecule has 18 heavy (non-hydrogen) atoms. The fourth-order valence-corrected chi connectivity index (χ4v) is 3.52. The zero-order valence-electron chi connectivity index (χ0n) is 10.3. The van der Waals surface area contributed by atoms with E-state index in [9.17, 15) is 9.59 Å². The standard InChI is InChI=1S/C13H15NO3S/c1-8-11-9(15)3-2-4-10(11)17-12(8)13(16)14-5-6-18-7-14/h2-7H2,1H3. The highest BCUT2D eigenvalue weighted by molar-refractivity contribution is 7.99. The number of carbonyl (C=O) groups is 2. The third-order valence-corrected chi connectivity index (χ3v) is 4.51. The highest BCUT2D eigenvalue weighted by Gasteiger charge is 2.31. The number of carbonyl (C=O) groups excluding carboxylic acids is 2. The van der Waals surface area contributed by atoms with E-state index >= 15 is 0 Å². The van der Waals surface area contributed by atoms with Crippen LogP contribution in [0.15, 0.2) is 4.42 Å². The summed E-state index contributed by atoms with van der Waals surface area (Å²) in [6, 6.07) is 0. The van der Waals surface area contributed by atoms with Crippen LogP contribution in [0.5, 0.6) is 0 Å². The van der Waals surface area contributed by atoms with Crippen LogP contribution in [0.3, 0.4) is 0 Å². The summed E-state index contributed by atoms with van der Waals surface area (Å²) in [5.74, 6) is 2.82. The van der Waals surface area contributed by atoms with Crippen LogP contribution in [-0.4, -0.2) is 34.8 Å². The van der Waals surface area contributed by atoms with Gasteiger partial charge in [-0.3, -0.25) is 9.59 Å². The summed E-state index contributed by atoms with van der Waals surface area (Å²) in [4.78, 5) is 26.0. The molecule has 5 heteroatoms. The van der Waals surface area contributed by atoms with Crippen molar-refractivity contribution in [1.29, 1.82) is 0 Å². The van der Waals surface area contributed by atoms with E-state index in [2.05, 4.69) is 0 Å². The summed E-state index contributed by atoms with van der Waals surface area (Å²) in [5, 5.41) is 0. The summed E-state index contributed by atoms with van der Waals surface area (Å²) in [7, 11) is 0. The Labute approximate surface area is 110 Å². The first-order valence-electron chi connectivity index (χ1n) is 6.21. The number of fused-ring (bicyclic) bond motifs is 1. The molecule has 0 aromatic carbocycles. The minimum absolute atomic E-state index is 0.0697. The van der Waals surface area contributed by atoms with E-state index < -0.39 is 0 Å². The molecule has 1 fully saturated rings. The SMILES string of the molecule is Cc1c(C(=O)N2CCSC2)oc2c1C(=O)CCC2. The molecule has 0 spiro atoms. The van der Waals surface area contributed by atoms with Gasteiger partial charge >= 0.3 is 0 Å². The third-order valence-electron chi connectivity index (χ3n) is 3.54. The molecule has 0 radical (unpaired) electrons. The van der Waals surface area contributed by atoms with Crippen molar-refractivity contribution in [1.82, 2.24) is 4.90 Å². The smallest absolute Gasteiger partial charge is 0.290 e. The van der Waals surface area contributed by atoms with E-state index in [1.165, 1.54) is 0 Å². The number of ketones is 1. The molecule has 1 aromatic rings. The number of hydrogen-bond acceptors (Lipinski definition) is 4. The van der Waals surface area contributed by atoms with Gasteiger partial charge in [-0.1, -0.05) is 0 Å². The van der Waals surface area contributed by atoms with E-state index in [1.807, 2.05) is 6.92 Å². The van der Waals surface area contributed by atoms with Crippen LogP contribution in [0.4, 0.5) is 0 Å². The molecular weight excluding hydrogens is 250 g/mol. The van der Waals surface area contributed by atoms with Gasteiger partial charge < -0.3 is 9.32 Å². The van der Waals surface area contributed by atoms with Crippen molar-refractivity contribution in [2.24, 2.45) is 0 Å². The zero-order valence-corrected chi connectivity index (χ0v) is 11.1. The van der Waals surface area contributed by atoms with Crippen LogP contribution in [-0.2, 0) is 6.42 Å². The number of furan rings is 1. The number of amides is 1. The first kappa shape index (κ1) is 11.8. The third kappa shape index (κ3) is 1.77. The van der Waals surface area contributed by atoms with Gasteiger partial charge in [-0.05, 0) is 13.3 Å². The molecule has 1 aromatic heterocycles. The van der Waals surface area contributed by atoms with Gasteiger partial charge in [-0.2, -0.15) is 0 Å². The Kier molecular flexibility index (Phi) is 2.93. The molecule has 0 N–H and O–H groups in total. The Morgan fingerprint density at radius 3 is 2.89 bits per heavy atom. The number of thioether (sulfide) groups is 1. The average molecular weight is 265 g/mol. The second kappa shape index (κ2) is 4.46. The van der Waals surface area contributed by atoms with Crippen molar-refractivity contribution in [3.8, 4) is 0 Å². The molecule has 1 amide bonds. The van der Waals surface area contributed by atoms with Crippen LogP contribution < -0.4 is 0 Å². The number of Topliss-reactive ketones (excluding diaryl/α,β-unsaturated/α-hetero) is 1. The molecule has 96 valence electrons. The number of nitrogens with zero attached hydrogens (tertiary/aromatic N) is 1. The molecule has 0 saturated carbocycles. The van der Waals surface area contributed by atoms with Gasteiger partial charge in [0.15, 0.2) is 11.5 Å². The summed E-state index contributed by atoms with van der Waals surface area (Å²) < 4.78 is 5.66. The molecule has 1 aliphatic carbocycles. The highest BCUT2D eigenvalue weighted by Crippen LogP contribution is 2.30. The van der Waals surface area contributed by atoms with Gasteiger partial charge in [0.2, 0.25) is 0 Å². The molecule has 3 rings (SSSR count). The largest absolute Gasteiger partial charge is 0.455 e. The van der Waals surface area contributed by atoms with Gasteiger partial charge in [-0.15, -0.1) is 11.8 Å². The lowest BCUT2D eigenvalue weighted by Crippen LogP contribution is -2.28. The van der Waals surface area contributed by atoms with Gasteiger partial charge in [0.25, 0.3) is 5.91 Å². The van der Waals surface area contributed by atoms with Crippen molar-refractivity contribution >= 4 is 23.5 Å². The lowest BCUT2D eigenvalue weighted by atomic mass is 9.94. The molecule has 2 heterocycles. The lowest BCUT2D eigenvalue weighted by molar-refractivity contribution is 0.0767.